The normalized spacial score (nSPS) is 27.2. The highest BCUT2D eigenvalue weighted by Gasteiger charge is 2.53. The summed E-state index contributed by atoms with van der Waals surface area (Å²) < 4.78 is 34.4. The van der Waals surface area contributed by atoms with Gasteiger partial charge in [0, 0.05) is 6.42 Å². The molecule has 1 amide bonds. The molecule has 17 unspecified atom stereocenters. The fraction of sp³-hybridized carbons (Fsp3) is 0.859. The van der Waals surface area contributed by atoms with E-state index in [1.54, 1.807) is 6.08 Å². The zero-order chi connectivity index (χ0) is 70.4. The van der Waals surface area contributed by atoms with Crippen molar-refractivity contribution < 1.29 is 89.4 Å². The van der Waals surface area contributed by atoms with E-state index >= 15 is 0 Å². The van der Waals surface area contributed by atoms with Crippen LogP contribution in [-0.4, -0.2) is 193 Å². The first kappa shape index (κ1) is 88.7. The molecule has 0 aromatic rings. The van der Waals surface area contributed by atoms with E-state index in [9.17, 15) is 61.0 Å². The summed E-state index contributed by atoms with van der Waals surface area (Å²) in [5.74, 6) is -0.274. The number of nitrogens with one attached hydrogen (secondary N) is 1. The van der Waals surface area contributed by atoms with Gasteiger partial charge in [0.05, 0.1) is 38.6 Å². The lowest BCUT2D eigenvalue weighted by Gasteiger charge is -2.48. The molecule has 0 saturated carbocycles. The topological polar surface area (TPSA) is 307 Å². The van der Waals surface area contributed by atoms with E-state index in [4.69, 9.17) is 28.4 Å². The van der Waals surface area contributed by atoms with Gasteiger partial charge < -0.3 is 89.9 Å². The van der Waals surface area contributed by atoms with Crippen LogP contribution in [0.25, 0.3) is 0 Å². The third-order valence-electron chi connectivity index (χ3n) is 19.3. The molecule has 3 aliphatic heterocycles. The molecular weight excluding hydrogens is 1240 g/mol. The molecule has 0 aromatic heterocycles. The van der Waals surface area contributed by atoms with Crippen molar-refractivity contribution in [3.05, 3.63) is 60.8 Å². The van der Waals surface area contributed by atoms with E-state index in [0.29, 0.717) is 6.42 Å². The summed E-state index contributed by atoms with van der Waals surface area (Å²) in [6.07, 6.45) is 47.6. The molecule has 19 heteroatoms. The molecule has 3 heterocycles. The summed E-state index contributed by atoms with van der Waals surface area (Å²) in [4.78, 5) is 13.5. The standard InChI is InChI=1S/C78H141NO18/c1-3-5-7-9-11-13-15-17-19-21-23-25-27-29-30-32-34-36-38-40-42-44-46-48-50-52-54-56-66(84)79-61(62(83)55-53-51-49-47-45-43-41-39-37-35-33-31-28-26-24-22-20-18-16-14-12-10-8-6-4-2)60-92-76-72(90)69(87)74(64(58-81)94-76)97-78-73(91)70(88)75(65(59-82)95-78)96-77-71(89)68(86)67(85)63(57-80)93-77/h5,7,11,13,17,19,23,25,53,55,61-65,67-78,80-83,85-91H,3-4,6,8-10,12,14-16,18,20-22,24,26-52,54,56-60H2,1-2H3,(H,79,84)/b7-5-,13-11-,19-17-,25-23-,55-53+. The lowest BCUT2D eigenvalue weighted by molar-refractivity contribution is -0.379. The number of rotatable bonds is 61. The maximum atomic E-state index is 13.5. The Labute approximate surface area is 586 Å². The number of hydrogen-bond acceptors (Lipinski definition) is 18. The van der Waals surface area contributed by atoms with Crippen molar-refractivity contribution in [2.24, 2.45) is 0 Å². The van der Waals surface area contributed by atoms with Gasteiger partial charge in [0.1, 0.15) is 73.2 Å². The molecule has 19 nitrogen and oxygen atoms in total. The largest absolute Gasteiger partial charge is 0.394 e. The minimum atomic E-state index is -1.98. The maximum Gasteiger partial charge on any atom is 0.220 e. The Hall–Kier alpha value is -2.51. The van der Waals surface area contributed by atoms with Crippen LogP contribution in [0.1, 0.15) is 296 Å². The summed E-state index contributed by atoms with van der Waals surface area (Å²) in [6.45, 7) is 1.66. The second-order valence-corrected chi connectivity index (χ2v) is 27.8. The van der Waals surface area contributed by atoms with Gasteiger partial charge in [-0.2, -0.15) is 0 Å². The number of carbonyl (C=O) groups excluding carboxylic acids is 1. The molecule has 3 fully saturated rings. The molecular formula is C78H141NO18. The van der Waals surface area contributed by atoms with Crippen LogP contribution in [0.2, 0.25) is 0 Å². The molecule has 3 rings (SSSR count). The first-order valence-electron chi connectivity index (χ1n) is 39.0. The van der Waals surface area contributed by atoms with Crippen LogP contribution < -0.4 is 5.32 Å². The highest BCUT2D eigenvalue weighted by atomic mass is 16.8. The van der Waals surface area contributed by atoms with E-state index in [0.717, 1.165) is 77.0 Å². The van der Waals surface area contributed by atoms with Crippen molar-refractivity contribution in [2.45, 2.75) is 401 Å². The number of unbranched alkanes of at least 4 members (excludes halogenated alkanes) is 37. The average Bonchev–Trinajstić information content (AvgIpc) is 0.790. The quantitative estimate of drug-likeness (QED) is 0.0199. The lowest BCUT2D eigenvalue weighted by atomic mass is 9.96. The number of aliphatic hydroxyl groups excluding tert-OH is 11. The number of amides is 1. The third-order valence-corrected chi connectivity index (χ3v) is 19.3. The number of hydrogen-bond donors (Lipinski definition) is 12. The SMILES string of the molecule is CC/C=C\C/C=C\C/C=C\C/C=C\CCCCCCCCCCCCCCCCC(=O)NC(COC1OC(CO)C(OC2OC(CO)C(OC3OC(CO)C(O)C(O)C3O)C(O)C2O)C(O)C1O)C(O)/C=C/CCCCCCCCCCCCCCCCCCCCCCCCC. The second kappa shape index (κ2) is 58.9. The Morgan fingerprint density at radius 1 is 0.381 bits per heavy atom. The number of allylic oxidation sites excluding steroid dienone is 9. The Bertz CT molecular complexity index is 1990. The van der Waals surface area contributed by atoms with Gasteiger partial charge in [0.15, 0.2) is 18.9 Å². The van der Waals surface area contributed by atoms with Crippen LogP contribution in [0.15, 0.2) is 60.8 Å². The minimum Gasteiger partial charge on any atom is -0.394 e. The fourth-order valence-electron chi connectivity index (χ4n) is 13.1. The third kappa shape index (κ3) is 39.6. The molecule has 566 valence electrons. The average molecular weight is 1380 g/mol. The van der Waals surface area contributed by atoms with Crippen molar-refractivity contribution in [1.82, 2.24) is 5.32 Å². The zero-order valence-corrected chi connectivity index (χ0v) is 60.3. The van der Waals surface area contributed by atoms with Crippen molar-refractivity contribution in [2.75, 3.05) is 26.4 Å². The summed E-state index contributed by atoms with van der Waals surface area (Å²) in [5.41, 5.74) is 0. The molecule has 12 N–H and O–H groups in total. The molecule has 17 atom stereocenters. The Balaban J connectivity index is 1.39. The van der Waals surface area contributed by atoms with Crippen LogP contribution in [0.3, 0.4) is 0 Å². The van der Waals surface area contributed by atoms with Gasteiger partial charge in [-0.25, -0.2) is 0 Å². The Kier molecular flexibility index (Phi) is 53.9. The van der Waals surface area contributed by atoms with Gasteiger partial charge >= 0.3 is 0 Å². The predicted octanol–water partition coefficient (Wildman–Crippen LogP) is 12.3. The van der Waals surface area contributed by atoms with Crippen LogP contribution >= 0.6 is 0 Å². The molecule has 0 aliphatic carbocycles. The van der Waals surface area contributed by atoms with Gasteiger partial charge in [0.25, 0.3) is 0 Å². The summed E-state index contributed by atoms with van der Waals surface area (Å²) in [5, 5.41) is 121. The number of aliphatic hydroxyl groups is 11. The predicted molar refractivity (Wildman–Crippen MR) is 383 cm³/mol. The minimum absolute atomic E-state index is 0.241. The molecule has 3 aliphatic rings. The Morgan fingerprint density at radius 2 is 0.711 bits per heavy atom. The van der Waals surface area contributed by atoms with Gasteiger partial charge in [-0.1, -0.05) is 293 Å². The van der Waals surface area contributed by atoms with Crippen molar-refractivity contribution in [3.8, 4) is 0 Å². The molecule has 0 spiro atoms. The monoisotopic (exact) mass is 1380 g/mol. The van der Waals surface area contributed by atoms with Gasteiger partial charge in [0.2, 0.25) is 5.91 Å². The van der Waals surface area contributed by atoms with E-state index in [2.05, 4.69) is 67.8 Å². The molecule has 0 aromatic carbocycles. The summed E-state index contributed by atoms with van der Waals surface area (Å²) in [6, 6.07) is -0.977. The van der Waals surface area contributed by atoms with Crippen LogP contribution in [0, 0.1) is 0 Å². The van der Waals surface area contributed by atoms with E-state index < -0.39 is 124 Å². The zero-order valence-electron chi connectivity index (χ0n) is 60.3. The summed E-state index contributed by atoms with van der Waals surface area (Å²) >= 11 is 0. The highest BCUT2D eigenvalue weighted by Crippen LogP contribution is 2.33. The van der Waals surface area contributed by atoms with Crippen molar-refractivity contribution >= 4 is 5.91 Å². The molecule has 0 radical (unpaired) electrons. The van der Waals surface area contributed by atoms with Gasteiger partial charge in [-0.05, 0) is 57.8 Å². The van der Waals surface area contributed by atoms with E-state index in [-0.39, 0.29) is 18.9 Å². The number of carbonyl (C=O) groups is 1. The molecule has 0 bridgehead atoms. The number of ether oxygens (including phenoxy) is 6. The highest BCUT2D eigenvalue weighted by molar-refractivity contribution is 5.76. The van der Waals surface area contributed by atoms with Crippen molar-refractivity contribution in [1.29, 1.82) is 0 Å². The smallest absolute Gasteiger partial charge is 0.220 e. The van der Waals surface area contributed by atoms with Crippen LogP contribution in [0.5, 0.6) is 0 Å². The van der Waals surface area contributed by atoms with E-state index in [1.807, 2.05) is 6.08 Å². The van der Waals surface area contributed by atoms with Gasteiger partial charge in [-0.15, -0.1) is 0 Å². The van der Waals surface area contributed by atoms with Crippen LogP contribution in [0.4, 0.5) is 0 Å². The molecule has 3 saturated heterocycles. The second-order valence-electron chi connectivity index (χ2n) is 27.8. The maximum absolute atomic E-state index is 13.5. The van der Waals surface area contributed by atoms with Crippen molar-refractivity contribution in [3.63, 3.8) is 0 Å². The molecule has 97 heavy (non-hydrogen) atoms. The van der Waals surface area contributed by atoms with E-state index in [1.165, 1.54) is 193 Å². The first-order valence-corrected chi connectivity index (χ1v) is 39.0. The summed E-state index contributed by atoms with van der Waals surface area (Å²) in [7, 11) is 0. The lowest BCUT2D eigenvalue weighted by Crippen LogP contribution is -2.66. The Morgan fingerprint density at radius 3 is 1.11 bits per heavy atom. The fourth-order valence-corrected chi connectivity index (χ4v) is 13.1. The van der Waals surface area contributed by atoms with Crippen LogP contribution in [-0.2, 0) is 33.2 Å². The first-order chi connectivity index (χ1) is 47.3. The van der Waals surface area contributed by atoms with Gasteiger partial charge in [-0.3, -0.25) is 4.79 Å².